The molecule has 0 bridgehead atoms. The minimum Gasteiger partial charge on any atom is -0.352 e. The number of nitrogens with one attached hydrogen (secondary N) is 2. The summed E-state index contributed by atoms with van der Waals surface area (Å²) in [6, 6.07) is 13.1. The number of carbonyl (C=O) groups is 2. The van der Waals surface area contributed by atoms with Crippen molar-refractivity contribution in [2.24, 2.45) is 0 Å². The van der Waals surface area contributed by atoms with E-state index in [9.17, 15) is 9.59 Å². The maximum absolute atomic E-state index is 12.5. The van der Waals surface area contributed by atoms with E-state index in [1.54, 1.807) is 13.0 Å². The Bertz CT molecular complexity index is 715. The van der Waals surface area contributed by atoms with E-state index in [2.05, 4.69) is 10.6 Å². The molecule has 0 heterocycles. The Balaban J connectivity index is 1.69. The minimum absolute atomic E-state index is 0.106. The van der Waals surface area contributed by atoms with Crippen LogP contribution in [0.25, 0.3) is 10.8 Å². The lowest BCUT2D eigenvalue weighted by atomic mass is 10.0. The van der Waals surface area contributed by atoms with Gasteiger partial charge in [-0.2, -0.15) is 0 Å². The van der Waals surface area contributed by atoms with Gasteiger partial charge in [0.1, 0.15) is 6.04 Å². The van der Waals surface area contributed by atoms with Crippen LogP contribution in [0.15, 0.2) is 42.5 Å². The molecule has 1 fully saturated rings. The lowest BCUT2D eigenvalue weighted by molar-refractivity contribution is -0.123. The first-order valence-electron chi connectivity index (χ1n) is 8.24. The SMILES string of the molecule is C[C@H](NC(=O)c1cccc2ccccc12)C(=O)NC1CCCC1. The number of benzene rings is 2. The molecule has 2 N–H and O–H groups in total. The highest BCUT2D eigenvalue weighted by molar-refractivity contribution is 6.08. The number of hydrogen-bond donors (Lipinski definition) is 2. The van der Waals surface area contributed by atoms with Crippen LogP contribution in [0.5, 0.6) is 0 Å². The first-order chi connectivity index (χ1) is 11.1. The van der Waals surface area contributed by atoms with E-state index in [0.29, 0.717) is 5.56 Å². The van der Waals surface area contributed by atoms with E-state index in [4.69, 9.17) is 0 Å². The summed E-state index contributed by atoms with van der Waals surface area (Å²) >= 11 is 0. The van der Waals surface area contributed by atoms with Crippen molar-refractivity contribution in [2.75, 3.05) is 0 Å². The van der Waals surface area contributed by atoms with E-state index in [0.717, 1.165) is 23.6 Å². The van der Waals surface area contributed by atoms with Gasteiger partial charge in [0.05, 0.1) is 0 Å². The monoisotopic (exact) mass is 310 g/mol. The van der Waals surface area contributed by atoms with Crippen molar-refractivity contribution in [3.63, 3.8) is 0 Å². The number of fused-ring (bicyclic) bond motifs is 1. The summed E-state index contributed by atoms with van der Waals surface area (Å²) in [5, 5.41) is 7.75. The molecule has 3 rings (SSSR count). The fourth-order valence-electron chi connectivity index (χ4n) is 3.16. The quantitative estimate of drug-likeness (QED) is 0.912. The highest BCUT2D eigenvalue weighted by Gasteiger charge is 2.22. The van der Waals surface area contributed by atoms with Gasteiger partial charge < -0.3 is 10.6 Å². The lowest BCUT2D eigenvalue weighted by Crippen LogP contribution is -2.47. The Morgan fingerprint density at radius 2 is 1.74 bits per heavy atom. The molecule has 23 heavy (non-hydrogen) atoms. The minimum atomic E-state index is -0.540. The van der Waals surface area contributed by atoms with Crippen molar-refractivity contribution in [1.82, 2.24) is 10.6 Å². The molecule has 2 amide bonds. The average Bonchev–Trinajstić information content (AvgIpc) is 3.07. The molecule has 2 aromatic rings. The Kier molecular flexibility index (Phi) is 4.60. The first-order valence-corrected chi connectivity index (χ1v) is 8.24. The smallest absolute Gasteiger partial charge is 0.252 e. The van der Waals surface area contributed by atoms with Crippen LogP contribution in [0.3, 0.4) is 0 Å². The zero-order valence-corrected chi connectivity index (χ0v) is 13.3. The molecule has 0 aliphatic heterocycles. The van der Waals surface area contributed by atoms with E-state index in [-0.39, 0.29) is 17.9 Å². The zero-order chi connectivity index (χ0) is 16.2. The van der Waals surface area contributed by atoms with Crippen LogP contribution in [0, 0.1) is 0 Å². The highest BCUT2D eigenvalue weighted by Crippen LogP contribution is 2.19. The molecule has 0 saturated heterocycles. The van der Waals surface area contributed by atoms with Crippen LogP contribution < -0.4 is 10.6 Å². The number of rotatable bonds is 4. The third-order valence-electron chi connectivity index (χ3n) is 4.48. The summed E-state index contributed by atoms with van der Waals surface area (Å²) in [6.07, 6.45) is 4.41. The molecule has 4 nitrogen and oxygen atoms in total. The van der Waals surface area contributed by atoms with Gasteiger partial charge in [-0.1, -0.05) is 49.2 Å². The fraction of sp³-hybridized carbons (Fsp3) is 0.368. The second kappa shape index (κ2) is 6.82. The Hall–Kier alpha value is -2.36. The van der Waals surface area contributed by atoms with E-state index in [1.165, 1.54) is 12.8 Å². The maximum Gasteiger partial charge on any atom is 0.252 e. The number of hydrogen-bond acceptors (Lipinski definition) is 2. The van der Waals surface area contributed by atoms with E-state index < -0.39 is 6.04 Å². The molecule has 1 aliphatic carbocycles. The maximum atomic E-state index is 12.5. The third-order valence-corrected chi connectivity index (χ3v) is 4.48. The van der Waals surface area contributed by atoms with Gasteiger partial charge >= 0.3 is 0 Å². The van der Waals surface area contributed by atoms with Gasteiger partial charge in [0, 0.05) is 11.6 Å². The van der Waals surface area contributed by atoms with Crippen molar-refractivity contribution < 1.29 is 9.59 Å². The Morgan fingerprint density at radius 1 is 1.04 bits per heavy atom. The molecule has 1 saturated carbocycles. The van der Waals surface area contributed by atoms with Gasteiger partial charge in [-0.15, -0.1) is 0 Å². The van der Waals surface area contributed by atoms with Crippen LogP contribution in [0.2, 0.25) is 0 Å². The molecule has 0 aromatic heterocycles. The summed E-state index contributed by atoms with van der Waals surface area (Å²) < 4.78 is 0. The molecule has 1 atom stereocenters. The van der Waals surface area contributed by atoms with Crippen LogP contribution in [-0.4, -0.2) is 23.9 Å². The van der Waals surface area contributed by atoms with Crippen LogP contribution in [-0.2, 0) is 4.79 Å². The number of amides is 2. The summed E-state index contributed by atoms with van der Waals surface area (Å²) in [5.41, 5.74) is 0.601. The first kappa shape index (κ1) is 15.5. The molecule has 0 unspecified atom stereocenters. The Labute approximate surface area is 136 Å². The second-order valence-electron chi connectivity index (χ2n) is 6.21. The molecule has 120 valence electrons. The highest BCUT2D eigenvalue weighted by atomic mass is 16.2. The van der Waals surface area contributed by atoms with Gasteiger partial charge in [-0.05, 0) is 36.6 Å². The zero-order valence-electron chi connectivity index (χ0n) is 13.3. The standard InChI is InChI=1S/C19H22N2O2/c1-13(18(22)21-15-9-3-4-10-15)20-19(23)17-12-6-8-14-7-2-5-11-16(14)17/h2,5-8,11-13,15H,3-4,9-10H2,1H3,(H,20,23)(H,21,22)/t13-/m0/s1. The topological polar surface area (TPSA) is 58.2 Å². The fourth-order valence-corrected chi connectivity index (χ4v) is 3.16. The third kappa shape index (κ3) is 3.52. The summed E-state index contributed by atoms with van der Waals surface area (Å²) in [6.45, 7) is 1.73. The largest absolute Gasteiger partial charge is 0.352 e. The molecule has 0 spiro atoms. The van der Waals surface area contributed by atoms with Crippen molar-refractivity contribution in [3.8, 4) is 0 Å². The molecule has 1 aliphatic rings. The normalized spacial score (nSPS) is 16.2. The number of carbonyl (C=O) groups excluding carboxylic acids is 2. The second-order valence-corrected chi connectivity index (χ2v) is 6.21. The Morgan fingerprint density at radius 3 is 2.52 bits per heavy atom. The average molecular weight is 310 g/mol. The van der Waals surface area contributed by atoms with Crippen molar-refractivity contribution in [2.45, 2.75) is 44.7 Å². The summed E-state index contributed by atoms with van der Waals surface area (Å²) in [5.74, 6) is -0.318. The molecule has 0 radical (unpaired) electrons. The molecule has 2 aromatic carbocycles. The van der Waals surface area contributed by atoms with Crippen molar-refractivity contribution in [1.29, 1.82) is 0 Å². The van der Waals surface area contributed by atoms with E-state index >= 15 is 0 Å². The van der Waals surface area contributed by atoms with Crippen molar-refractivity contribution >= 4 is 22.6 Å². The summed E-state index contributed by atoms with van der Waals surface area (Å²) in [4.78, 5) is 24.7. The predicted molar refractivity (Wildman–Crippen MR) is 91.3 cm³/mol. The molecule has 4 heteroatoms. The van der Waals surface area contributed by atoms with Crippen LogP contribution in [0.1, 0.15) is 43.0 Å². The van der Waals surface area contributed by atoms with Gasteiger partial charge in [0.15, 0.2) is 0 Å². The molecular formula is C19H22N2O2. The van der Waals surface area contributed by atoms with Crippen LogP contribution in [0.4, 0.5) is 0 Å². The van der Waals surface area contributed by atoms with Gasteiger partial charge in [-0.3, -0.25) is 9.59 Å². The van der Waals surface area contributed by atoms with Gasteiger partial charge in [-0.25, -0.2) is 0 Å². The molecular weight excluding hydrogens is 288 g/mol. The summed E-state index contributed by atoms with van der Waals surface area (Å²) in [7, 11) is 0. The van der Waals surface area contributed by atoms with Gasteiger partial charge in [0.2, 0.25) is 5.91 Å². The van der Waals surface area contributed by atoms with Crippen LogP contribution >= 0.6 is 0 Å². The predicted octanol–water partition coefficient (Wildman–Crippen LogP) is 3.02. The van der Waals surface area contributed by atoms with E-state index in [1.807, 2.05) is 36.4 Å². The lowest BCUT2D eigenvalue weighted by Gasteiger charge is -2.18. The van der Waals surface area contributed by atoms with Gasteiger partial charge in [0.25, 0.3) is 5.91 Å². The van der Waals surface area contributed by atoms with Crippen molar-refractivity contribution in [3.05, 3.63) is 48.0 Å².